The van der Waals surface area contributed by atoms with Crippen molar-refractivity contribution >= 4 is 17.6 Å². The first-order valence-electron chi connectivity index (χ1n) is 7.08. The summed E-state index contributed by atoms with van der Waals surface area (Å²) in [5.41, 5.74) is 4.47. The highest BCUT2D eigenvalue weighted by Gasteiger charge is 2.08. The van der Waals surface area contributed by atoms with Gasteiger partial charge in [-0.05, 0) is 24.3 Å². The Labute approximate surface area is 145 Å². The van der Waals surface area contributed by atoms with Gasteiger partial charge < -0.3 is 16.0 Å². The van der Waals surface area contributed by atoms with Crippen molar-refractivity contribution in [3.05, 3.63) is 77.9 Å². The quantitative estimate of drug-likeness (QED) is 0.424. The third-order valence-electron chi connectivity index (χ3n) is 3.07. The predicted octanol–water partition coefficient (Wildman–Crippen LogP) is 2.58. The number of carbonyl (C=O) groups excluding carboxylic acids is 1. The molecule has 1 amide bonds. The van der Waals surface area contributed by atoms with Crippen LogP contribution in [-0.4, -0.2) is 29.8 Å². The molecule has 25 heavy (non-hydrogen) atoms. The van der Waals surface area contributed by atoms with Gasteiger partial charge in [0, 0.05) is 23.3 Å². The molecule has 0 heterocycles. The highest BCUT2D eigenvalue weighted by atomic mass is 16.5. The lowest BCUT2D eigenvalue weighted by Crippen LogP contribution is -2.18. The monoisotopic (exact) mass is 342 g/mol. The Bertz CT molecular complexity index is 769. The number of methoxy groups -OCH3 is 1. The van der Waals surface area contributed by atoms with E-state index in [-0.39, 0.29) is 6.15 Å². The molecule has 0 aliphatic heterocycles. The number of carboxylic acid groups (broad SMARTS) is 1. The summed E-state index contributed by atoms with van der Waals surface area (Å²) in [7, 11) is 1.58. The number of aliphatic carboxylic acids is 1. The van der Waals surface area contributed by atoms with Gasteiger partial charge in [-0.25, -0.2) is 10.2 Å². The fourth-order valence-corrected chi connectivity index (χ4v) is 1.94. The van der Waals surface area contributed by atoms with Crippen molar-refractivity contribution in [1.29, 1.82) is 0 Å². The molecule has 0 spiro atoms. The summed E-state index contributed by atoms with van der Waals surface area (Å²) in [4.78, 5) is 22.1. The summed E-state index contributed by atoms with van der Waals surface area (Å²) in [6, 6.07) is 16.6. The zero-order valence-electron chi connectivity index (χ0n) is 14.0. The number of nitrogens with zero attached hydrogens (tertiary/aromatic N) is 1. The molecule has 130 valence electrons. The minimum Gasteiger partial charge on any atom is -0.497 e. The van der Waals surface area contributed by atoms with Gasteiger partial charge in [0.1, 0.15) is 5.75 Å². The number of amides is 1. The van der Waals surface area contributed by atoms with E-state index in [2.05, 4.69) is 10.5 Å². The number of carboxylic acids is 1. The molecule has 7 nitrogen and oxygen atoms in total. The lowest BCUT2D eigenvalue weighted by molar-refractivity contribution is -0.131. The molecule has 0 aliphatic rings. The molecule has 6 N–H and O–H groups in total. The predicted molar refractivity (Wildman–Crippen MR) is 96.0 cm³/mol. The van der Waals surface area contributed by atoms with Gasteiger partial charge in [-0.15, -0.1) is 0 Å². The van der Waals surface area contributed by atoms with Crippen molar-refractivity contribution in [3.8, 4) is 5.75 Å². The van der Waals surface area contributed by atoms with Gasteiger partial charge in [0.05, 0.1) is 12.8 Å². The summed E-state index contributed by atoms with van der Waals surface area (Å²) in [6.07, 6.45) is 1.66. The van der Waals surface area contributed by atoms with Crippen LogP contribution in [0.1, 0.15) is 11.1 Å². The van der Waals surface area contributed by atoms with Crippen LogP contribution in [-0.2, 0) is 9.59 Å². The highest BCUT2D eigenvalue weighted by Crippen LogP contribution is 2.15. The fraction of sp³-hybridized carbons (Fsp3) is 0.0556. The van der Waals surface area contributed by atoms with Crippen LogP contribution in [0.3, 0.4) is 0 Å². The Morgan fingerprint density at radius 2 is 1.60 bits per heavy atom. The maximum Gasteiger partial charge on any atom is 0.328 e. The van der Waals surface area contributed by atoms with Crippen molar-refractivity contribution in [1.82, 2.24) is 11.6 Å². The number of hydrogen-bond donors (Lipinski definition) is 3. The first-order valence-corrected chi connectivity index (χ1v) is 7.08. The van der Waals surface area contributed by atoms with Crippen LogP contribution in [0.25, 0.3) is 0 Å². The number of quaternary nitrogens is 1. The van der Waals surface area contributed by atoms with Crippen LogP contribution in [0.5, 0.6) is 5.75 Å². The molecule has 2 aromatic carbocycles. The van der Waals surface area contributed by atoms with Crippen LogP contribution in [0.15, 0.2) is 71.9 Å². The Kier molecular flexibility index (Phi) is 7.55. The smallest absolute Gasteiger partial charge is 0.328 e. The second kappa shape index (κ2) is 9.64. The van der Waals surface area contributed by atoms with Crippen molar-refractivity contribution in [2.45, 2.75) is 0 Å². The maximum absolute atomic E-state index is 11.6. The standard InChI is InChI=1S/C18H16N2O4.H3N/c1-24-15-9-7-14(8-10-15)18(13-5-3-2-4-6-13)20-19-16(21)11-12-17(22)23;/h2-12H,1H3,(H,19,21)(H,22,23);1H3/p+1/b12-11-,20-18-;. The number of benzene rings is 2. The molecule has 0 atom stereocenters. The molecule has 0 saturated carbocycles. The molecule has 2 aromatic rings. The van der Waals surface area contributed by atoms with Crippen molar-refractivity contribution in [3.63, 3.8) is 0 Å². The molecule has 0 bridgehead atoms. The zero-order valence-corrected chi connectivity index (χ0v) is 14.0. The van der Waals surface area contributed by atoms with E-state index in [0.717, 1.165) is 23.3 Å². The number of rotatable bonds is 6. The summed E-state index contributed by atoms with van der Waals surface area (Å²) >= 11 is 0. The van der Waals surface area contributed by atoms with Crippen LogP contribution in [0.4, 0.5) is 0 Å². The lowest BCUT2D eigenvalue weighted by atomic mass is 10.0. The average Bonchev–Trinajstić information content (AvgIpc) is 2.61. The lowest BCUT2D eigenvalue weighted by Gasteiger charge is -2.08. The van der Waals surface area contributed by atoms with Crippen molar-refractivity contribution in [2.75, 3.05) is 7.11 Å². The third-order valence-corrected chi connectivity index (χ3v) is 3.07. The van der Waals surface area contributed by atoms with Crippen LogP contribution >= 0.6 is 0 Å². The fourth-order valence-electron chi connectivity index (χ4n) is 1.94. The minimum atomic E-state index is -1.20. The molecule has 0 unspecified atom stereocenters. The van der Waals surface area contributed by atoms with Gasteiger partial charge >= 0.3 is 5.97 Å². The second-order valence-electron chi connectivity index (χ2n) is 4.70. The molecule has 0 fully saturated rings. The van der Waals surface area contributed by atoms with Gasteiger partial charge in [0.25, 0.3) is 5.91 Å². The van der Waals surface area contributed by atoms with Gasteiger partial charge in [-0.1, -0.05) is 30.3 Å². The summed E-state index contributed by atoms with van der Waals surface area (Å²) in [5.74, 6) is -1.12. The Morgan fingerprint density at radius 3 is 2.16 bits per heavy atom. The zero-order chi connectivity index (χ0) is 17.4. The maximum atomic E-state index is 11.6. The van der Waals surface area contributed by atoms with E-state index >= 15 is 0 Å². The molecule has 0 radical (unpaired) electrons. The van der Waals surface area contributed by atoms with Crippen LogP contribution in [0.2, 0.25) is 0 Å². The largest absolute Gasteiger partial charge is 0.497 e. The summed E-state index contributed by atoms with van der Waals surface area (Å²) in [5, 5.41) is 12.7. The first kappa shape index (κ1) is 19.6. The molecule has 0 aromatic heterocycles. The van der Waals surface area contributed by atoms with E-state index in [0.29, 0.717) is 11.5 Å². The third kappa shape index (κ3) is 5.92. The van der Waals surface area contributed by atoms with E-state index in [9.17, 15) is 9.59 Å². The van der Waals surface area contributed by atoms with Crippen LogP contribution < -0.4 is 16.3 Å². The van der Waals surface area contributed by atoms with E-state index < -0.39 is 11.9 Å². The number of hydrogen-bond acceptors (Lipinski definition) is 4. The number of ether oxygens (including phenoxy) is 1. The van der Waals surface area contributed by atoms with Gasteiger partial charge in [-0.3, -0.25) is 4.79 Å². The minimum absolute atomic E-state index is 0. The Hall–Kier alpha value is -3.45. The summed E-state index contributed by atoms with van der Waals surface area (Å²) in [6.45, 7) is 0. The van der Waals surface area contributed by atoms with Crippen molar-refractivity contribution in [2.24, 2.45) is 5.10 Å². The molecular formula is C18H20N3O4+. The molecular weight excluding hydrogens is 322 g/mol. The average molecular weight is 342 g/mol. The number of nitrogens with one attached hydrogen (secondary N) is 1. The normalized spacial score (nSPS) is 10.8. The van der Waals surface area contributed by atoms with Crippen molar-refractivity contribution < 1.29 is 19.4 Å². The van der Waals surface area contributed by atoms with E-state index in [4.69, 9.17) is 9.84 Å². The molecule has 0 aliphatic carbocycles. The first-order chi connectivity index (χ1) is 11.6. The number of carbonyl (C=O) groups is 2. The topological polar surface area (TPSA) is 124 Å². The van der Waals surface area contributed by atoms with Gasteiger partial charge in [-0.2, -0.15) is 5.10 Å². The second-order valence-corrected chi connectivity index (χ2v) is 4.70. The van der Waals surface area contributed by atoms with Gasteiger partial charge in [0.15, 0.2) is 0 Å². The van der Waals surface area contributed by atoms with Crippen LogP contribution in [0, 0.1) is 0 Å². The molecule has 7 heteroatoms. The SMILES string of the molecule is COc1ccc(/C(=N\NC(=O)/C=C\C(=O)O)c2ccccc2)cc1.[NH4+]. The molecule has 2 rings (SSSR count). The van der Waals surface area contributed by atoms with Gasteiger partial charge in [0.2, 0.25) is 0 Å². The number of hydrazone groups is 1. The highest BCUT2D eigenvalue weighted by molar-refractivity contribution is 6.13. The molecule has 0 saturated heterocycles. The summed E-state index contributed by atoms with van der Waals surface area (Å²) < 4.78 is 5.13. The Morgan fingerprint density at radius 1 is 1.00 bits per heavy atom. The van der Waals surface area contributed by atoms with E-state index in [1.807, 2.05) is 42.5 Å². The van der Waals surface area contributed by atoms with E-state index in [1.54, 1.807) is 19.2 Å². The van der Waals surface area contributed by atoms with E-state index in [1.165, 1.54) is 0 Å². The Balaban J connectivity index is 0.00000312.